The molecule has 2 unspecified atom stereocenters. The van der Waals surface area contributed by atoms with Crippen LogP contribution in [0, 0.1) is 0 Å². The van der Waals surface area contributed by atoms with Crippen LogP contribution in [0.15, 0.2) is 0 Å². The van der Waals surface area contributed by atoms with E-state index < -0.39 is 9.84 Å². The van der Waals surface area contributed by atoms with E-state index in [0.717, 1.165) is 45.1 Å². The monoisotopic (exact) mass is 319 g/mol. The number of nitrogens with one attached hydrogen (secondary N) is 1. The Balaban J connectivity index is 1.57. The van der Waals surface area contributed by atoms with Gasteiger partial charge in [0.05, 0.1) is 17.1 Å². The van der Waals surface area contributed by atoms with Gasteiger partial charge in [0.15, 0.2) is 9.84 Å². The summed E-state index contributed by atoms with van der Waals surface area (Å²) in [7, 11) is -2.81. The summed E-state index contributed by atoms with van der Waals surface area (Å²) in [6.45, 7) is 0.821. The number of rotatable bonds is 2. The molecule has 20 heavy (non-hydrogen) atoms. The lowest BCUT2D eigenvalue weighted by molar-refractivity contribution is -0.0940. The van der Waals surface area contributed by atoms with E-state index in [0.29, 0.717) is 17.5 Å². The van der Waals surface area contributed by atoms with Gasteiger partial charge in [0.2, 0.25) is 0 Å². The minimum atomic E-state index is -2.81. The Kier molecular flexibility index (Phi) is 4.65. The van der Waals surface area contributed by atoms with Crippen LogP contribution in [0.1, 0.15) is 38.5 Å². The van der Waals surface area contributed by atoms with E-state index in [1.54, 1.807) is 0 Å². The molecule has 3 fully saturated rings. The van der Waals surface area contributed by atoms with Gasteiger partial charge in [0.1, 0.15) is 0 Å². The van der Waals surface area contributed by atoms with Gasteiger partial charge in [-0.25, -0.2) is 8.42 Å². The molecule has 3 aliphatic rings. The summed E-state index contributed by atoms with van der Waals surface area (Å²) in [5, 5.41) is 3.62. The van der Waals surface area contributed by atoms with Gasteiger partial charge in [0, 0.05) is 18.7 Å². The smallest absolute Gasteiger partial charge is 0.151 e. The molecular formula is C14H25NO3S2. The van der Waals surface area contributed by atoms with Gasteiger partial charge >= 0.3 is 0 Å². The zero-order chi connectivity index (χ0) is 14.1. The highest BCUT2D eigenvalue weighted by molar-refractivity contribution is 7.99. The lowest BCUT2D eigenvalue weighted by atomic mass is 9.85. The molecule has 3 aliphatic heterocycles. The predicted octanol–water partition coefficient (Wildman–Crippen LogP) is 1.60. The SMILES string of the molecule is O=S1(=O)CCCC(NC2CCOC3(CCSCC3)C2)C1. The fourth-order valence-electron chi connectivity index (χ4n) is 3.75. The molecule has 6 heteroatoms. The van der Waals surface area contributed by atoms with Crippen molar-refractivity contribution in [3.63, 3.8) is 0 Å². The summed E-state index contributed by atoms with van der Waals surface area (Å²) in [4.78, 5) is 0. The average Bonchev–Trinajstić information content (AvgIpc) is 2.38. The van der Waals surface area contributed by atoms with Crippen molar-refractivity contribution in [1.82, 2.24) is 5.32 Å². The molecule has 116 valence electrons. The van der Waals surface area contributed by atoms with Crippen LogP contribution in [0.2, 0.25) is 0 Å². The maximum absolute atomic E-state index is 11.7. The molecule has 0 aromatic heterocycles. The van der Waals surface area contributed by atoms with Crippen LogP contribution in [0.5, 0.6) is 0 Å². The summed E-state index contributed by atoms with van der Waals surface area (Å²) in [6.07, 6.45) is 6.19. The Bertz CT molecular complexity index is 426. The third-order valence-corrected chi connectivity index (χ3v) is 7.64. The van der Waals surface area contributed by atoms with Gasteiger partial charge in [-0.15, -0.1) is 0 Å². The van der Waals surface area contributed by atoms with Crippen LogP contribution >= 0.6 is 11.8 Å². The van der Waals surface area contributed by atoms with Crippen LogP contribution in [0.4, 0.5) is 0 Å². The van der Waals surface area contributed by atoms with Crippen molar-refractivity contribution in [2.75, 3.05) is 29.6 Å². The van der Waals surface area contributed by atoms with Crippen molar-refractivity contribution in [3.05, 3.63) is 0 Å². The molecule has 2 atom stereocenters. The van der Waals surface area contributed by atoms with Crippen LogP contribution in [-0.2, 0) is 14.6 Å². The molecule has 3 rings (SSSR count). The molecule has 3 saturated heterocycles. The van der Waals surface area contributed by atoms with Gasteiger partial charge in [-0.05, 0) is 50.0 Å². The minimum absolute atomic E-state index is 0.0781. The molecule has 0 bridgehead atoms. The van der Waals surface area contributed by atoms with Crippen molar-refractivity contribution in [2.24, 2.45) is 0 Å². The van der Waals surface area contributed by atoms with Crippen molar-refractivity contribution < 1.29 is 13.2 Å². The van der Waals surface area contributed by atoms with Crippen LogP contribution in [-0.4, -0.2) is 55.7 Å². The predicted molar refractivity (Wildman–Crippen MR) is 83.1 cm³/mol. The number of hydrogen-bond acceptors (Lipinski definition) is 5. The fourth-order valence-corrected chi connectivity index (χ4v) is 6.64. The maximum Gasteiger partial charge on any atom is 0.151 e. The van der Waals surface area contributed by atoms with E-state index in [4.69, 9.17) is 4.74 Å². The van der Waals surface area contributed by atoms with Gasteiger partial charge in [-0.1, -0.05) is 0 Å². The minimum Gasteiger partial charge on any atom is -0.375 e. The normalized spacial score (nSPS) is 36.8. The van der Waals surface area contributed by atoms with Gasteiger partial charge in [-0.2, -0.15) is 11.8 Å². The topological polar surface area (TPSA) is 55.4 Å². The average molecular weight is 319 g/mol. The Morgan fingerprint density at radius 1 is 1.15 bits per heavy atom. The van der Waals surface area contributed by atoms with E-state index in [1.165, 1.54) is 11.5 Å². The second kappa shape index (κ2) is 6.15. The van der Waals surface area contributed by atoms with Crippen molar-refractivity contribution in [3.8, 4) is 0 Å². The van der Waals surface area contributed by atoms with E-state index in [1.807, 2.05) is 11.8 Å². The Hall–Kier alpha value is 0.220. The molecule has 0 aromatic rings. The van der Waals surface area contributed by atoms with Crippen molar-refractivity contribution in [1.29, 1.82) is 0 Å². The first-order valence-corrected chi connectivity index (χ1v) is 10.7. The number of sulfone groups is 1. The molecule has 1 spiro atoms. The summed E-state index contributed by atoms with van der Waals surface area (Å²) < 4.78 is 29.6. The van der Waals surface area contributed by atoms with E-state index in [9.17, 15) is 8.42 Å². The van der Waals surface area contributed by atoms with Crippen LogP contribution in [0.25, 0.3) is 0 Å². The first kappa shape index (κ1) is 15.1. The van der Waals surface area contributed by atoms with Crippen LogP contribution in [0.3, 0.4) is 0 Å². The van der Waals surface area contributed by atoms with Crippen molar-refractivity contribution in [2.45, 2.75) is 56.2 Å². The zero-order valence-corrected chi connectivity index (χ0v) is 13.6. The third-order valence-electron chi connectivity index (χ3n) is 4.83. The Morgan fingerprint density at radius 3 is 2.70 bits per heavy atom. The van der Waals surface area contributed by atoms with E-state index >= 15 is 0 Å². The first-order chi connectivity index (χ1) is 9.57. The molecule has 0 aromatic carbocycles. The first-order valence-electron chi connectivity index (χ1n) is 7.75. The standard InChI is InChI=1S/C14H25NO3S2/c16-20(17)9-1-2-13(11-20)15-12-3-6-18-14(10-12)4-7-19-8-5-14/h12-13,15H,1-11H2. The zero-order valence-electron chi connectivity index (χ0n) is 12.0. The highest BCUT2D eigenvalue weighted by Crippen LogP contribution is 2.37. The van der Waals surface area contributed by atoms with Crippen LogP contribution < -0.4 is 5.32 Å². The molecule has 0 amide bonds. The van der Waals surface area contributed by atoms with E-state index in [-0.39, 0.29) is 11.6 Å². The molecule has 0 saturated carbocycles. The van der Waals surface area contributed by atoms with Gasteiger partial charge < -0.3 is 10.1 Å². The Morgan fingerprint density at radius 2 is 1.95 bits per heavy atom. The summed E-state index contributed by atoms with van der Waals surface area (Å²) in [5.41, 5.74) is 0.0781. The molecular weight excluding hydrogens is 294 g/mol. The second-order valence-corrected chi connectivity index (χ2v) is 9.91. The van der Waals surface area contributed by atoms with E-state index in [2.05, 4.69) is 5.32 Å². The van der Waals surface area contributed by atoms with Crippen molar-refractivity contribution >= 4 is 21.6 Å². The Labute approximate surface area is 126 Å². The highest BCUT2D eigenvalue weighted by Gasteiger charge is 2.39. The third kappa shape index (κ3) is 3.70. The summed E-state index contributed by atoms with van der Waals surface area (Å²) in [5.74, 6) is 3.10. The highest BCUT2D eigenvalue weighted by atomic mass is 32.2. The number of ether oxygens (including phenoxy) is 1. The molecule has 0 radical (unpaired) electrons. The molecule has 1 N–H and O–H groups in total. The molecule has 3 heterocycles. The second-order valence-electron chi connectivity index (χ2n) is 6.45. The van der Waals surface area contributed by atoms with Gasteiger partial charge in [-0.3, -0.25) is 0 Å². The fraction of sp³-hybridized carbons (Fsp3) is 1.00. The summed E-state index contributed by atoms with van der Waals surface area (Å²) >= 11 is 2.02. The lowest BCUT2D eigenvalue weighted by Gasteiger charge is -2.44. The molecule has 4 nitrogen and oxygen atoms in total. The van der Waals surface area contributed by atoms with Gasteiger partial charge in [0.25, 0.3) is 0 Å². The molecule has 0 aliphatic carbocycles. The number of thioether (sulfide) groups is 1. The number of hydrogen-bond donors (Lipinski definition) is 1. The summed E-state index contributed by atoms with van der Waals surface area (Å²) in [6, 6.07) is 0.594. The quantitative estimate of drug-likeness (QED) is 0.838. The maximum atomic E-state index is 11.7. The largest absolute Gasteiger partial charge is 0.375 e. The lowest BCUT2D eigenvalue weighted by Crippen LogP contribution is -2.53.